The lowest BCUT2D eigenvalue weighted by Crippen LogP contribution is -2.28. The van der Waals surface area contributed by atoms with Gasteiger partial charge in [0.25, 0.3) is 0 Å². The van der Waals surface area contributed by atoms with Gasteiger partial charge in [0.15, 0.2) is 0 Å². The van der Waals surface area contributed by atoms with Crippen LogP contribution in [0.5, 0.6) is 0 Å². The smallest absolute Gasteiger partial charge is 0.0894 e. The molecule has 0 aliphatic heterocycles. The Bertz CT molecular complexity index is 56.5. The van der Waals surface area contributed by atoms with Gasteiger partial charge in [-0.2, -0.15) is 25.3 Å². The molecule has 0 aromatic carbocycles. The molecular formula is C4H13BO2S2. The van der Waals surface area contributed by atoms with Crippen LogP contribution >= 0.6 is 25.3 Å². The molecule has 0 saturated heterocycles. The Labute approximate surface area is 68.1 Å². The highest BCUT2D eigenvalue weighted by molar-refractivity contribution is 7.80. The first kappa shape index (κ1) is 12.4. The largest absolute Gasteiger partial charge is 0.390 e. The second-order valence-electron chi connectivity index (χ2n) is 1.50. The average Bonchev–Trinajstić information content (AvgIpc) is 1.84. The van der Waals surface area contributed by atoms with Crippen molar-refractivity contribution >= 4 is 33.7 Å². The van der Waals surface area contributed by atoms with Gasteiger partial charge < -0.3 is 10.2 Å². The summed E-state index contributed by atoms with van der Waals surface area (Å²) in [5.74, 6) is 0.559. The van der Waals surface area contributed by atoms with Crippen LogP contribution in [0.4, 0.5) is 0 Å². The maximum atomic E-state index is 8.75. The monoisotopic (exact) mass is 168 g/mol. The highest BCUT2D eigenvalue weighted by Gasteiger charge is 2.10. The van der Waals surface area contributed by atoms with E-state index in [9.17, 15) is 0 Å². The van der Waals surface area contributed by atoms with Crippen LogP contribution in [-0.4, -0.2) is 42.3 Å². The van der Waals surface area contributed by atoms with Gasteiger partial charge >= 0.3 is 0 Å². The molecule has 2 atom stereocenters. The second-order valence-corrected chi connectivity index (χ2v) is 2.23. The molecule has 2 nitrogen and oxygen atoms in total. The standard InChI is InChI=1S/C4H10O2S2.BH3/c5-3(1-7)4(6)2-8;/h3-8H,1-2H2;1H3. The van der Waals surface area contributed by atoms with Crippen molar-refractivity contribution in [2.24, 2.45) is 0 Å². The first-order chi connectivity index (χ1) is 3.72. The lowest BCUT2D eigenvalue weighted by Gasteiger charge is -2.11. The number of aliphatic hydroxyl groups excluding tert-OH is 2. The zero-order valence-electron chi connectivity index (χ0n) is 4.36. The van der Waals surface area contributed by atoms with Gasteiger partial charge in [-0.15, -0.1) is 0 Å². The van der Waals surface area contributed by atoms with Gasteiger partial charge in [0.05, 0.1) is 20.6 Å². The molecule has 0 amide bonds. The van der Waals surface area contributed by atoms with Crippen LogP contribution in [0.2, 0.25) is 0 Å². The molecule has 0 bridgehead atoms. The van der Waals surface area contributed by atoms with Gasteiger partial charge in [0, 0.05) is 11.5 Å². The van der Waals surface area contributed by atoms with E-state index in [2.05, 4.69) is 25.3 Å². The summed E-state index contributed by atoms with van der Waals surface area (Å²) in [4.78, 5) is 0. The second kappa shape index (κ2) is 6.80. The maximum absolute atomic E-state index is 8.75. The predicted molar refractivity (Wildman–Crippen MR) is 49.7 cm³/mol. The summed E-state index contributed by atoms with van der Waals surface area (Å²) >= 11 is 7.53. The highest BCUT2D eigenvalue weighted by atomic mass is 32.1. The highest BCUT2D eigenvalue weighted by Crippen LogP contribution is 1.96. The van der Waals surface area contributed by atoms with Gasteiger partial charge in [0.1, 0.15) is 0 Å². The summed E-state index contributed by atoms with van der Waals surface area (Å²) in [5, 5.41) is 17.5. The number of thiol groups is 2. The number of hydrogen-bond donors (Lipinski definition) is 4. The summed E-state index contributed by atoms with van der Waals surface area (Å²) in [6, 6.07) is 0. The van der Waals surface area contributed by atoms with Crippen molar-refractivity contribution in [2.45, 2.75) is 12.2 Å². The predicted octanol–water partition coefficient (Wildman–Crippen LogP) is -1.62. The first-order valence-electron chi connectivity index (χ1n) is 2.30. The van der Waals surface area contributed by atoms with Crippen LogP contribution in [0, 0.1) is 0 Å². The maximum Gasteiger partial charge on any atom is 0.0894 e. The van der Waals surface area contributed by atoms with E-state index in [-0.39, 0.29) is 19.9 Å². The van der Waals surface area contributed by atoms with E-state index in [1.165, 1.54) is 0 Å². The molecule has 0 fully saturated rings. The molecular weight excluding hydrogens is 155 g/mol. The van der Waals surface area contributed by atoms with Crippen molar-refractivity contribution in [2.75, 3.05) is 11.5 Å². The molecule has 0 radical (unpaired) electrons. The van der Waals surface area contributed by atoms with Crippen LogP contribution in [0.15, 0.2) is 0 Å². The van der Waals surface area contributed by atoms with E-state index in [0.29, 0.717) is 0 Å². The molecule has 2 N–H and O–H groups in total. The van der Waals surface area contributed by atoms with E-state index in [1.54, 1.807) is 0 Å². The van der Waals surface area contributed by atoms with Crippen LogP contribution in [0.3, 0.4) is 0 Å². The lowest BCUT2D eigenvalue weighted by atomic mass is 10.3. The number of rotatable bonds is 3. The van der Waals surface area contributed by atoms with Crippen molar-refractivity contribution < 1.29 is 10.2 Å². The van der Waals surface area contributed by atoms with Gasteiger partial charge in [-0.05, 0) is 0 Å². The molecule has 0 aliphatic carbocycles. The quantitative estimate of drug-likeness (QED) is 0.302. The first-order valence-corrected chi connectivity index (χ1v) is 3.56. The van der Waals surface area contributed by atoms with Gasteiger partial charge in [0.2, 0.25) is 0 Å². The summed E-state index contributed by atoms with van der Waals surface area (Å²) in [6.07, 6.45) is -1.48. The Morgan fingerprint density at radius 2 is 1.22 bits per heavy atom. The minimum absolute atomic E-state index is 0. The molecule has 9 heavy (non-hydrogen) atoms. The summed E-state index contributed by atoms with van der Waals surface area (Å²) < 4.78 is 0. The molecule has 0 heterocycles. The Kier molecular flexibility index (Phi) is 9.35. The Morgan fingerprint density at radius 3 is 1.33 bits per heavy atom. The lowest BCUT2D eigenvalue weighted by molar-refractivity contribution is 0.0504. The fourth-order valence-corrected chi connectivity index (χ4v) is 0.730. The fourth-order valence-electron chi connectivity index (χ4n) is 0.243. The zero-order chi connectivity index (χ0) is 6.57. The zero-order valence-corrected chi connectivity index (χ0v) is 6.15. The minimum atomic E-state index is -0.740. The van der Waals surface area contributed by atoms with Crippen LogP contribution in [0.1, 0.15) is 0 Å². The van der Waals surface area contributed by atoms with Crippen molar-refractivity contribution in [1.82, 2.24) is 0 Å². The van der Waals surface area contributed by atoms with Crippen LogP contribution < -0.4 is 0 Å². The van der Waals surface area contributed by atoms with Gasteiger partial charge in [-0.3, -0.25) is 0 Å². The summed E-state index contributed by atoms with van der Waals surface area (Å²) in [5.41, 5.74) is 0. The molecule has 0 saturated carbocycles. The molecule has 0 aromatic rings. The van der Waals surface area contributed by atoms with E-state index in [4.69, 9.17) is 10.2 Å². The van der Waals surface area contributed by atoms with E-state index in [1.807, 2.05) is 0 Å². The van der Waals surface area contributed by atoms with E-state index < -0.39 is 12.2 Å². The van der Waals surface area contributed by atoms with Crippen LogP contribution in [0.25, 0.3) is 0 Å². The summed E-state index contributed by atoms with van der Waals surface area (Å²) in [7, 11) is 0. The fraction of sp³-hybridized carbons (Fsp3) is 1.00. The molecule has 0 aromatic heterocycles. The van der Waals surface area contributed by atoms with Crippen molar-refractivity contribution in [3.8, 4) is 0 Å². The molecule has 2 unspecified atom stereocenters. The average molecular weight is 168 g/mol. The molecule has 56 valence electrons. The van der Waals surface area contributed by atoms with E-state index >= 15 is 0 Å². The number of hydrogen-bond acceptors (Lipinski definition) is 4. The van der Waals surface area contributed by atoms with Crippen molar-refractivity contribution in [1.29, 1.82) is 0 Å². The summed E-state index contributed by atoms with van der Waals surface area (Å²) in [6.45, 7) is 0. The third-order valence-electron chi connectivity index (χ3n) is 0.818. The normalized spacial score (nSPS) is 16.0. The molecule has 5 heteroatoms. The third kappa shape index (κ3) is 5.15. The van der Waals surface area contributed by atoms with Crippen LogP contribution in [-0.2, 0) is 0 Å². The number of aliphatic hydroxyl groups is 2. The minimum Gasteiger partial charge on any atom is -0.390 e. The third-order valence-corrected chi connectivity index (χ3v) is 1.57. The van der Waals surface area contributed by atoms with E-state index in [0.717, 1.165) is 0 Å². The Morgan fingerprint density at radius 1 is 1.00 bits per heavy atom. The Hall–Kier alpha value is 0.685. The Balaban J connectivity index is 0. The molecule has 0 spiro atoms. The van der Waals surface area contributed by atoms with Gasteiger partial charge in [-0.25, -0.2) is 0 Å². The van der Waals surface area contributed by atoms with Crippen molar-refractivity contribution in [3.05, 3.63) is 0 Å². The van der Waals surface area contributed by atoms with Gasteiger partial charge in [-0.1, -0.05) is 0 Å². The topological polar surface area (TPSA) is 40.5 Å². The molecule has 0 rings (SSSR count). The SMILES string of the molecule is B.OC(CS)C(O)CS. The van der Waals surface area contributed by atoms with Crippen molar-refractivity contribution in [3.63, 3.8) is 0 Å². The molecule has 0 aliphatic rings.